The molecule has 2 rings (SSSR count). The molecule has 0 unspecified atom stereocenters. The minimum absolute atomic E-state index is 0.0332. The molecule has 20 heavy (non-hydrogen) atoms. The van der Waals surface area contributed by atoms with Gasteiger partial charge in [-0.05, 0) is 31.9 Å². The zero-order valence-electron chi connectivity index (χ0n) is 12.1. The Morgan fingerprint density at radius 2 is 1.90 bits per heavy atom. The van der Waals surface area contributed by atoms with Gasteiger partial charge in [0, 0.05) is 24.4 Å². The summed E-state index contributed by atoms with van der Waals surface area (Å²) in [6.07, 6.45) is 8.11. The quantitative estimate of drug-likeness (QED) is 0.835. The van der Waals surface area contributed by atoms with Gasteiger partial charge in [0.05, 0.1) is 5.92 Å². The van der Waals surface area contributed by atoms with Crippen molar-refractivity contribution < 1.29 is 14.7 Å². The number of aliphatic carboxylic acids is 1. The van der Waals surface area contributed by atoms with Crippen LogP contribution in [0, 0.1) is 5.92 Å². The lowest BCUT2D eigenvalue weighted by molar-refractivity contribution is -0.143. The molecule has 1 aliphatic carbocycles. The molecular weight excluding hydrogens is 276 g/mol. The lowest BCUT2D eigenvalue weighted by Crippen LogP contribution is -2.48. The molecule has 1 heterocycles. The first-order valence-electron chi connectivity index (χ1n) is 7.37. The molecule has 0 atom stereocenters. The van der Waals surface area contributed by atoms with Crippen molar-refractivity contribution in [2.75, 3.05) is 25.9 Å². The molecule has 0 bridgehead atoms. The molecule has 0 aromatic rings. The number of hydrogen-bond donors (Lipinski definition) is 2. The molecule has 0 radical (unpaired) electrons. The Bertz CT molecular complexity index is 361. The van der Waals surface area contributed by atoms with Gasteiger partial charge in [-0.2, -0.15) is 11.8 Å². The maximum absolute atomic E-state index is 12.1. The van der Waals surface area contributed by atoms with Crippen LogP contribution in [0.25, 0.3) is 0 Å². The highest BCUT2D eigenvalue weighted by Gasteiger charge is 2.34. The van der Waals surface area contributed by atoms with E-state index in [1.54, 1.807) is 4.90 Å². The van der Waals surface area contributed by atoms with Gasteiger partial charge in [0.15, 0.2) is 0 Å². The Labute approximate surface area is 124 Å². The van der Waals surface area contributed by atoms with Crippen molar-refractivity contribution in [2.45, 2.75) is 43.3 Å². The predicted octanol–water partition coefficient (Wildman–Crippen LogP) is 2.17. The van der Waals surface area contributed by atoms with Gasteiger partial charge < -0.3 is 15.3 Å². The van der Waals surface area contributed by atoms with E-state index in [1.807, 2.05) is 11.8 Å². The van der Waals surface area contributed by atoms with E-state index in [0.29, 0.717) is 25.9 Å². The van der Waals surface area contributed by atoms with E-state index in [2.05, 4.69) is 11.6 Å². The molecule has 2 aliphatic rings. The Morgan fingerprint density at radius 3 is 2.40 bits per heavy atom. The first kappa shape index (κ1) is 15.5. The maximum atomic E-state index is 12.1. The number of carboxylic acid groups (broad SMARTS) is 1. The van der Waals surface area contributed by atoms with Crippen molar-refractivity contribution >= 4 is 23.8 Å². The molecule has 2 N–H and O–H groups in total. The summed E-state index contributed by atoms with van der Waals surface area (Å²) in [5.41, 5.74) is 0. The number of carbonyl (C=O) groups excluding carboxylic acids is 1. The highest BCUT2D eigenvalue weighted by Crippen LogP contribution is 2.39. The zero-order chi connectivity index (χ0) is 14.6. The van der Waals surface area contributed by atoms with Crippen molar-refractivity contribution in [3.63, 3.8) is 0 Å². The summed E-state index contributed by atoms with van der Waals surface area (Å²) in [7, 11) is 0. The summed E-state index contributed by atoms with van der Waals surface area (Å²) in [4.78, 5) is 24.8. The van der Waals surface area contributed by atoms with Crippen LogP contribution in [0.4, 0.5) is 4.79 Å². The van der Waals surface area contributed by atoms with Gasteiger partial charge in [0.1, 0.15) is 0 Å². The lowest BCUT2D eigenvalue weighted by atomic mass is 9.97. The molecular formula is C14H24N2O3S. The Morgan fingerprint density at radius 1 is 1.30 bits per heavy atom. The summed E-state index contributed by atoms with van der Waals surface area (Å²) in [6, 6.07) is -0.0332. The van der Waals surface area contributed by atoms with Gasteiger partial charge >= 0.3 is 12.0 Å². The van der Waals surface area contributed by atoms with Gasteiger partial charge in [-0.1, -0.05) is 12.8 Å². The first-order chi connectivity index (χ1) is 9.56. The van der Waals surface area contributed by atoms with Crippen LogP contribution < -0.4 is 5.32 Å². The second kappa shape index (κ2) is 6.70. The number of amides is 2. The molecule has 6 heteroatoms. The van der Waals surface area contributed by atoms with Gasteiger partial charge in [-0.25, -0.2) is 4.79 Å². The van der Waals surface area contributed by atoms with Crippen molar-refractivity contribution in [2.24, 2.45) is 5.92 Å². The molecule has 114 valence electrons. The molecule has 1 aliphatic heterocycles. The molecule has 0 aromatic carbocycles. The Balaban J connectivity index is 1.77. The number of piperidine rings is 1. The largest absolute Gasteiger partial charge is 0.481 e. The topological polar surface area (TPSA) is 69.6 Å². The third-order valence-corrected chi connectivity index (χ3v) is 6.06. The summed E-state index contributed by atoms with van der Waals surface area (Å²) in [6.45, 7) is 1.83. The molecule has 0 aromatic heterocycles. The van der Waals surface area contributed by atoms with E-state index in [4.69, 9.17) is 5.11 Å². The molecule has 0 spiro atoms. The third-order valence-electron chi connectivity index (χ3n) is 4.64. The highest BCUT2D eigenvalue weighted by molar-refractivity contribution is 8.00. The van der Waals surface area contributed by atoms with E-state index in [1.165, 1.54) is 25.7 Å². The van der Waals surface area contributed by atoms with E-state index in [0.717, 1.165) is 6.54 Å². The van der Waals surface area contributed by atoms with Crippen molar-refractivity contribution in [1.82, 2.24) is 10.2 Å². The number of rotatable bonds is 4. The predicted molar refractivity (Wildman–Crippen MR) is 80.0 cm³/mol. The molecule has 2 fully saturated rings. The summed E-state index contributed by atoms with van der Waals surface area (Å²) in [5, 5.41) is 12.0. The monoisotopic (exact) mass is 300 g/mol. The maximum Gasteiger partial charge on any atom is 0.317 e. The van der Waals surface area contributed by atoms with Crippen LogP contribution in [-0.2, 0) is 4.79 Å². The van der Waals surface area contributed by atoms with Crippen molar-refractivity contribution in [1.29, 1.82) is 0 Å². The molecule has 1 saturated heterocycles. The Kier molecular flexibility index (Phi) is 5.18. The highest BCUT2D eigenvalue weighted by atomic mass is 32.2. The number of carboxylic acids is 1. The minimum atomic E-state index is -0.739. The van der Waals surface area contributed by atoms with Crippen LogP contribution in [0.3, 0.4) is 0 Å². The molecule has 5 nitrogen and oxygen atoms in total. The Hall–Kier alpha value is -0.910. The lowest BCUT2D eigenvalue weighted by Gasteiger charge is -2.32. The number of nitrogens with zero attached hydrogens (tertiary/aromatic N) is 1. The molecule has 1 saturated carbocycles. The van der Waals surface area contributed by atoms with Crippen molar-refractivity contribution in [3.05, 3.63) is 0 Å². The number of nitrogens with one attached hydrogen (secondary N) is 1. The van der Waals surface area contributed by atoms with E-state index in [9.17, 15) is 9.59 Å². The summed E-state index contributed by atoms with van der Waals surface area (Å²) in [5.74, 6) is -1.02. The first-order valence-corrected chi connectivity index (χ1v) is 8.59. The van der Waals surface area contributed by atoms with Gasteiger partial charge in [-0.15, -0.1) is 0 Å². The second-order valence-electron chi connectivity index (χ2n) is 5.85. The smallest absolute Gasteiger partial charge is 0.317 e. The fraction of sp³-hybridized carbons (Fsp3) is 0.857. The van der Waals surface area contributed by atoms with Gasteiger partial charge in [0.25, 0.3) is 0 Å². The van der Waals surface area contributed by atoms with Gasteiger partial charge in [0.2, 0.25) is 0 Å². The van der Waals surface area contributed by atoms with E-state index < -0.39 is 5.97 Å². The average Bonchev–Trinajstić information content (AvgIpc) is 2.94. The van der Waals surface area contributed by atoms with E-state index in [-0.39, 0.29) is 16.7 Å². The number of likely N-dealkylation sites (tertiary alicyclic amines) is 1. The van der Waals surface area contributed by atoms with Gasteiger partial charge in [-0.3, -0.25) is 4.79 Å². The summed E-state index contributed by atoms with van der Waals surface area (Å²) < 4.78 is 0.217. The SMILES string of the molecule is CSC1(CNC(=O)N2CCC(C(=O)O)CC2)CCCC1. The van der Waals surface area contributed by atoms with Crippen LogP contribution >= 0.6 is 11.8 Å². The van der Waals surface area contributed by atoms with Crippen LogP contribution in [0.1, 0.15) is 38.5 Å². The van der Waals surface area contributed by atoms with Crippen LogP contribution in [0.5, 0.6) is 0 Å². The number of carbonyl (C=O) groups is 2. The second-order valence-corrected chi connectivity index (χ2v) is 7.13. The van der Waals surface area contributed by atoms with Crippen molar-refractivity contribution in [3.8, 4) is 0 Å². The van der Waals surface area contributed by atoms with Crippen LogP contribution in [0.15, 0.2) is 0 Å². The number of thioether (sulfide) groups is 1. The fourth-order valence-electron chi connectivity index (χ4n) is 3.15. The minimum Gasteiger partial charge on any atom is -0.481 e. The van der Waals surface area contributed by atoms with E-state index >= 15 is 0 Å². The normalized spacial score (nSPS) is 22.8. The fourth-order valence-corrected chi connectivity index (χ4v) is 4.06. The van der Waals surface area contributed by atoms with Crippen LogP contribution in [-0.4, -0.2) is 52.6 Å². The number of hydrogen-bond acceptors (Lipinski definition) is 3. The number of urea groups is 1. The zero-order valence-corrected chi connectivity index (χ0v) is 12.9. The summed E-state index contributed by atoms with van der Waals surface area (Å²) >= 11 is 1.86. The molecule has 2 amide bonds. The van der Waals surface area contributed by atoms with Crippen LogP contribution in [0.2, 0.25) is 0 Å². The standard InChI is InChI=1S/C14H24N2O3S/c1-20-14(6-2-3-7-14)10-15-13(19)16-8-4-11(5-9-16)12(17)18/h11H,2-10H2,1H3,(H,15,19)(H,17,18). The third kappa shape index (κ3) is 3.59. The average molecular weight is 300 g/mol.